The van der Waals surface area contributed by atoms with Crippen molar-refractivity contribution in [3.63, 3.8) is 0 Å². The molecule has 0 radical (unpaired) electrons. The Morgan fingerprint density at radius 3 is 2.33 bits per heavy atom. The molecule has 2 N–H and O–H groups in total. The Balaban J connectivity index is 1.83. The van der Waals surface area contributed by atoms with Crippen LogP contribution in [0.1, 0.15) is 55.3 Å². The Labute approximate surface area is 191 Å². The highest BCUT2D eigenvalue weighted by atomic mass is 32.2. The van der Waals surface area contributed by atoms with Gasteiger partial charge in [0.1, 0.15) is 16.3 Å². The third-order valence-corrected chi connectivity index (χ3v) is 6.54. The van der Waals surface area contributed by atoms with E-state index < -0.39 is 45.4 Å². The molecule has 0 unspecified atom stereocenters. The highest BCUT2D eigenvalue weighted by molar-refractivity contribution is 7.90. The second kappa shape index (κ2) is 8.47. The van der Waals surface area contributed by atoms with Crippen LogP contribution in [0.3, 0.4) is 0 Å². The zero-order valence-corrected chi connectivity index (χ0v) is 19.5. The number of hydrogen-bond acceptors (Lipinski definition) is 6. The highest BCUT2D eigenvalue weighted by Crippen LogP contribution is 2.33. The van der Waals surface area contributed by atoms with Crippen molar-refractivity contribution >= 4 is 39.3 Å². The Bertz CT molecular complexity index is 1250. The smallest absolute Gasteiger partial charge is 0.412 e. The Morgan fingerprint density at radius 2 is 1.73 bits per heavy atom. The first-order valence-electron chi connectivity index (χ1n) is 10.0. The molecule has 1 aliphatic heterocycles. The number of ether oxygens (including phenoxy) is 1. The molecule has 0 saturated carbocycles. The number of amides is 3. The van der Waals surface area contributed by atoms with Crippen molar-refractivity contribution in [1.82, 2.24) is 4.31 Å². The molecule has 1 aliphatic rings. The average molecular weight is 478 g/mol. The van der Waals surface area contributed by atoms with Crippen molar-refractivity contribution in [1.29, 1.82) is 0 Å². The average Bonchev–Trinajstić information content (AvgIpc) is 2.88. The SMILES string of the molecule is CC(C)N1C(=O)c2ccc(C(=O)Nc3ccc(F)c(NC(=O)OC(C)(C)C)c3)cc2S1(=O)=O. The Hall–Kier alpha value is -3.47. The minimum atomic E-state index is -4.07. The lowest BCUT2D eigenvalue weighted by Gasteiger charge is -2.20. The number of rotatable bonds is 4. The Kier molecular flexibility index (Phi) is 6.20. The van der Waals surface area contributed by atoms with Crippen molar-refractivity contribution in [3.8, 4) is 0 Å². The summed E-state index contributed by atoms with van der Waals surface area (Å²) in [6, 6.07) is 6.69. The van der Waals surface area contributed by atoms with Crippen LogP contribution in [0.15, 0.2) is 41.3 Å². The van der Waals surface area contributed by atoms with E-state index in [4.69, 9.17) is 4.74 Å². The normalized spacial score (nSPS) is 14.8. The number of anilines is 2. The maximum absolute atomic E-state index is 14.1. The number of benzene rings is 2. The molecule has 0 aliphatic carbocycles. The van der Waals surface area contributed by atoms with Crippen LogP contribution < -0.4 is 10.6 Å². The molecule has 0 saturated heterocycles. The van der Waals surface area contributed by atoms with Crippen LogP contribution in [-0.2, 0) is 14.8 Å². The van der Waals surface area contributed by atoms with Crippen LogP contribution in [0.5, 0.6) is 0 Å². The van der Waals surface area contributed by atoms with E-state index in [2.05, 4.69) is 10.6 Å². The quantitative estimate of drug-likeness (QED) is 0.687. The number of carbonyl (C=O) groups excluding carboxylic acids is 3. The van der Waals surface area contributed by atoms with E-state index in [-0.39, 0.29) is 27.4 Å². The van der Waals surface area contributed by atoms with Crippen LogP contribution in [0, 0.1) is 5.82 Å². The number of sulfonamides is 1. The minimum Gasteiger partial charge on any atom is -0.444 e. The zero-order chi connectivity index (χ0) is 24.7. The van der Waals surface area contributed by atoms with Gasteiger partial charge in [-0.15, -0.1) is 0 Å². The van der Waals surface area contributed by atoms with Crippen molar-refractivity contribution < 1.29 is 31.9 Å². The number of nitrogens with one attached hydrogen (secondary N) is 2. The summed E-state index contributed by atoms with van der Waals surface area (Å²) in [6.45, 7) is 8.12. The summed E-state index contributed by atoms with van der Waals surface area (Å²) in [4.78, 5) is 36.8. The summed E-state index contributed by atoms with van der Waals surface area (Å²) in [6.07, 6.45) is -0.868. The van der Waals surface area contributed by atoms with Crippen molar-refractivity contribution in [2.75, 3.05) is 10.6 Å². The van der Waals surface area contributed by atoms with Crippen LogP contribution in [0.4, 0.5) is 20.6 Å². The van der Waals surface area contributed by atoms with Crippen molar-refractivity contribution in [3.05, 3.63) is 53.3 Å². The van der Waals surface area contributed by atoms with Crippen LogP contribution in [-0.4, -0.2) is 42.3 Å². The van der Waals surface area contributed by atoms with Gasteiger partial charge in [-0.3, -0.25) is 14.9 Å². The predicted molar refractivity (Wildman–Crippen MR) is 119 cm³/mol. The standard InChI is InChI=1S/C22H24FN3O6S/c1-12(2)26-20(28)15-8-6-13(10-18(15)33(26,30)31)19(27)24-14-7-9-16(23)17(11-14)25-21(29)32-22(3,4)5/h6-12H,1-5H3,(H,24,27)(H,25,29). The molecular formula is C22H24FN3O6S. The second-order valence-electron chi connectivity index (χ2n) is 8.69. The molecule has 2 aromatic rings. The Morgan fingerprint density at radius 1 is 1.06 bits per heavy atom. The van der Waals surface area contributed by atoms with E-state index >= 15 is 0 Å². The van der Waals surface area contributed by atoms with E-state index in [1.54, 1.807) is 34.6 Å². The molecule has 2 aromatic carbocycles. The first-order chi connectivity index (χ1) is 15.2. The van der Waals surface area contributed by atoms with Gasteiger partial charge in [0.2, 0.25) is 0 Å². The summed E-state index contributed by atoms with van der Waals surface area (Å²) in [7, 11) is -4.07. The third kappa shape index (κ3) is 4.98. The fraction of sp³-hybridized carbons (Fsp3) is 0.318. The molecule has 9 nitrogen and oxygen atoms in total. The zero-order valence-electron chi connectivity index (χ0n) is 18.7. The predicted octanol–water partition coefficient (Wildman–Crippen LogP) is 3.98. The molecule has 33 heavy (non-hydrogen) atoms. The van der Waals surface area contributed by atoms with E-state index in [9.17, 15) is 27.2 Å². The van der Waals surface area contributed by atoms with Gasteiger partial charge in [-0.1, -0.05) is 0 Å². The molecule has 3 amide bonds. The van der Waals surface area contributed by atoms with Crippen LogP contribution in [0.2, 0.25) is 0 Å². The summed E-state index contributed by atoms with van der Waals surface area (Å²) in [5.74, 6) is -2.07. The number of nitrogens with zero attached hydrogens (tertiary/aromatic N) is 1. The number of fused-ring (bicyclic) bond motifs is 1. The number of carbonyl (C=O) groups is 3. The fourth-order valence-electron chi connectivity index (χ4n) is 3.22. The largest absolute Gasteiger partial charge is 0.444 e. The van der Waals surface area contributed by atoms with Gasteiger partial charge < -0.3 is 10.1 Å². The van der Waals surface area contributed by atoms with Gasteiger partial charge in [0, 0.05) is 17.3 Å². The lowest BCUT2D eigenvalue weighted by atomic mass is 10.1. The third-order valence-electron chi connectivity index (χ3n) is 4.54. The minimum absolute atomic E-state index is 0.00845. The number of hydrogen-bond donors (Lipinski definition) is 2. The van der Waals surface area contributed by atoms with Crippen LogP contribution in [0.25, 0.3) is 0 Å². The topological polar surface area (TPSA) is 122 Å². The summed E-state index contributed by atoms with van der Waals surface area (Å²) >= 11 is 0. The van der Waals surface area contributed by atoms with Gasteiger partial charge in [0.05, 0.1) is 11.3 Å². The molecule has 1 heterocycles. The lowest BCUT2D eigenvalue weighted by Crippen LogP contribution is -2.36. The fourth-order valence-corrected chi connectivity index (χ4v) is 5.01. The van der Waals surface area contributed by atoms with E-state index in [0.717, 1.165) is 16.4 Å². The van der Waals surface area contributed by atoms with Gasteiger partial charge in [-0.05, 0) is 71.0 Å². The van der Waals surface area contributed by atoms with Gasteiger partial charge in [0.25, 0.3) is 21.8 Å². The van der Waals surface area contributed by atoms with Gasteiger partial charge in [-0.25, -0.2) is 21.9 Å². The van der Waals surface area contributed by atoms with Crippen molar-refractivity contribution in [2.24, 2.45) is 0 Å². The van der Waals surface area contributed by atoms with E-state index in [1.165, 1.54) is 24.3 Å². The van der Waals surface area contributed by atoms with Crippen LogP contribution >= 0.6 is 0 Å². The molecule has 0 atom stereocenters. The molecule has 0 fully saturated rings. The molecule has 0 bridgehead atoms. The molecule has 0 spiro atoms. The van der Waals surface area contributed by atoms with Crippen molar-refractivity contribution in [2.45, 2.75) is 51.2 Å². The monoisotopic (exact) mass is 477 g/mol. The molecule has 3 rings (SSSR count). The maximum Gasteiger partial charge on any atom is 0.412 e. The lowest BCUT2D eigenvalue weighted by molar-refractivity contribution is 0.0634. The second-order valence-corrected chi connectivity index (χ2v) is 10.5. The number of halogens is 1. The van der Waals surface area contributed by atoms with E-state index in [0.29, 0.717) is 0 Å². The van der Waals surface area contributed by atoms with Gasteiger partial charge in [-0.2, -0.15) is 0 Å². The molecular weight excluding hydrogens is 453 g/mol. The molecule has 176 valence electrons. The summed E-state index contributed by atoms with van der Waals surface area (Å²) in [5, 5.41) is 4.80. The molecule has 0 aromatic heterocycles. The van der Waals surface area contributed by atoms with Gasteiger partial charge >= 0.3 is 6.09 Å². The first kappa shape index (κ1) is 24.2. The summed E-state index contributed by atoms with van der Waals surface area (Å²) in [5.41, 5.74) is -0.868. The van der Waals surface area contributed by atoms with Gasteiger partial charge in [0.15, 0.2) is 0 Å². The summed E-state index contributed by atoms with van der Waals surface area (Å²) < 4.78 is 45.4. The maximum atomic E-state index is 14.1. The first-order valence-corrected chi connectivity index (χ1v) is 11.5. The highest BCUT2D eigenvalue weighted by Gasteiger charge is 2.42. The molecule has 11 heteroatoms. The van der Waals surface area contributed by atoms with E-state index in [1.807, 2.05) is 0 Å².